The molecule has 3 aliphatic rings. The van der Waals surface area contributed by atoms with E-state index in [2.05, 4.69) is 32.8 Å². The highest BCUT2D eigenvalue weighted by Crippen LogP contribution is 2.48. The lowest BCUT2D eigenvalue weighted by atomic mass is 9.79. The van der Waals surface area contributed by atoms with Crippen LogP contribution in [0.3, 0.4) is 0 Å². The summed E-state index contributed by atoms with van der Waals surface area (Å²) in [7, 11) is 0. The van der Waals surface area contributed by atoms with Crippen LogP contribution in [0.4, 0.5) is 5.95 Å². The molecule has 1 spiro atoms. The molecule has 1 amide bonds. The van der Waals surface area contributed by atoms with Gasteiger partial charge in [-0.2, -0.15) is 4.98 Å². The summed E-state index contributed by atoms with van der Waals surface area (Å²) < 4.78 is 1.93. The molecule has 1 aliphatic heterocycles. The molecule has 2 saturated carbocycles. The van der Waals surface area contributed by atoms with Crippen LogP contribution in [-0.2, 0) is 4.79 Å². The van der Waals surface area contributed by atoms with Gasteiger partial charge in [0.25, 0.3) is 0 Å². The van der Waals surface area contributed by atoms with Gasteiger partial charge in [0.1, 0.15) is 0 Å². The number of nitrogens with one attached hydrogen (secondary N) is 2. The maximum absolute atomic E-state index is 11.9. The SMILES string of the molecule is O=C(Nc1nc2cccc(C3CCC4(CNC4)C3)n2n1)C1CC1. The predicted molar refractivity (Wildman–Crippen MR) is 86.2 cm³/mol. The Morgan fingerprint density at radius 3 is 2.87 bits per heavy atom. The van der Waals surface area contributed by atoms with E-state index in [1.54, 1.807) is 0 Å². The summed E-state index contributed by atoms with van der Waals surface area (Å²) in [5.74, 6) is 1.20. The van der Waals surface area contributed by atoms with Gasteiger partial charge in [-0.15, -0.1) is 5.10 Å². The Morgan fingerprint density at radius 1 is 1.30 bits per heavy atom. The second-order valence-corrected chi connectivity index (χ2v) is 7.46. The molecule has 0 bridgehead atoms. The Balaban J connectivity index is 1.44. The van der Waals surface area contributed by atoms with Crippen LogP contribution in [0.2, 0.25) is 0 Å². The molecule has 5 rings (SSSR count). The summed E-state index contributed by atoms with van der Waals surface area (Å²) in [6.45, 7) is 2.30. The number of anilines is 1. The molecule has 2 N–H and O–H groups in total. The minimum absolute atomic E-state index is 0.0582. The van der Waals surface area contributed by atoms with Gasteiger partial charge in [0.2, 0.25) is 11.9 Å². The van der Waals surface area contributed by atoms with E-state index in [1.165, 1.54) is 25.0 Å². The molecular formula is C17H21N5O. The molecule has 1 unspecified atom stereocenters. The van der Waals surface area contributed by atoms with Crippen molar-refractivity contribution in [1.29, 1.82) is 0 Å². The maximum Gasteiger partial charge on any atom is 0.249 e. The fourth-order valence-corrected chi connectivity index (χ4v) is 4.10. The van der Waals surface area contributed by atoms with Crippen LogP contribution in [0.1, 0.15) is 43.7 Å². The molecular weight excluding hydrogens is 290 g/mol. The normalized spacial score (nSPS) is 25.7. The van der Waals surface area contributed by atoms with Crippen molar-refractivity contribution in [3.63, 3.8) is 0 Å². The smallest absolute Gasteiger partial charge is 0.249 e. The zero-order chi connectivity index (χ0) is 15.4. The summed E-state index contributed by atoms with van der Waals surface area (Å²) in [6, 6.07) is 6.17. The van der Waals surface area contributed by atoms with Gasteiger partial charge in [0.05, 0.1) is 0 Å². The molecule has 1 saturated heterocycles. The number of carbonyl (C=O) groups excluding carboxylic acids is 1. The Bertz CT molecular complexity index is 774. The van der Waals surface area contributed by atoms with Gasteiger partial charge in [-0.05, 0) is 49.7 Å². The monoisotopic (exact) mass is 311 g/mol. The molecule has 3 heterocycles. The number of amides is 1. The van der Waals surface area contributed by atoms with Crippen molar-refractivity contribution in [3.05, 3.63) is 23.9 Å². The summed E-state index contributed by atoms with van der Waals surface area (Å²) in [5, 5.41) is 10.8. The highest BCUT2D eigenvalue weighted by Gasteiger charge is 2.44. The Hall–Kier alpha value is -1.95. The molecule has 6 nitrogen and oxygen atoms in total. The molecule has 6 heteroatoms. The van der Waals surface area contributed by atoms with Gasteiger partial charge in [0.15, 0.2) is 5.65 Å². The number of aromatic nitrogens is 3. The first-order valence-electron chi connectivity index (χ1n) is 8.60. The summed E-state index contributed by atoms with van der Waals surface area (Å²) in [5.41, 5.74) is 2.56. The van der Waals surface area contributed by atoms with E-state index in [1.807, 2.05) is 10.6 Å². The summed E-state index contributed by atoms with van der Waals surface area (Å²) >= 11 is 0. The zero-order valence-electron chi connectivity index (χ0n) is 13.1. The Kier molecular flexibility index (Phi) is 2.80. The average molecular weight is 311 g/mol. The van der Waals surface area contributed by atoms with E-state index in [-0.39, 0.29) is 11.8 Å². The number of nitrogens with zero attached hydrogens (tertiary/aromatic N) is 3. The molecule has 0 radical (unpaired) electrons. The molecule has 0 aromatic carbocycles. The second-order valence-electron chi connectivity index (χ2n) is 7.46. The van der Waals surface area contributed by atoms with Crippen molar-refractivity contribution in [3.8, 4) is 0 Å². The van der Waals surface area contributed by atoms with Crippen LogP contribution in [0.15, 0.2) is 18.2 Å². The first-order chi connectivity index (χ1) is 11.2. The highest BCUT2D eigenvalue weighted by atomic mass is 16.2. The summed E-state index contributed by atoms with van der Waals surface area (Å²) in [4.78, 5) is 16.4. The van der Waals surface area contributed by atoms with E-state index in [4.69, 9.17) is 0 Å². The Morgan fingerprint density at radius 2 is 2.17 bits per heavy atom. The number of hydrogen-bond donors (Lipinski definition) is 2. The minimum atomic E-state index is 0.0582. The van der Waals surface area contributed by atoms with Crippen LogP contribution in [0.25, 0.3) is 5.65 Å². The standard InChI is InChI=1S/C17H21N5O/c23-15(11-4-5-11)20-16-19-14-3-1-2-13(22(14)21-16)12-6-7-17(8-12)9-18-10-17/h1-3,11-12,18H,4-10H2,(H,20,21,23). The van der Waals surface area contributed by atoms with E-state index in [9.17, 15) is 4.79 Å². The van der Waals surface area contributed by atoms with E-state index >= 15 is 0 Å². The topological polar surface area (TPSA) is 71.3 Å². The number of fused-ring (bicyclic) bond motifs is 1. The lowest BCUT2D eigenvalue weighted by molar-refractivity contribution is -0.117. The molecule has 23 heavy (non-hydrogen) atoms. The average Bonchev–Trinajstić information content (AvgIpc) is 3.13. The van der Waals surface area contributed by atoms with Crippen molar-refractivity contribution in [2.24, 2.45) is 11.3 Å². The number of rotatable bonds is 3. The lowest BCUT2D eigenvalue weighted by Crippen LogP contribution is -2.51. The zero-order valence-corrected chi connectivity index (χ0v) is 13.1. The van der Waals surface area contributed by atoms with Crippen LogP contribution < -0.4 is 10.6 Å². The van der Waals surface area contributed by atoms with Crippen molar-refractivity contribution in [1.82, 2.24) is 19.9 Å². The van der Waals surface area contributed by atoms with Crippen molar-refractivity contribution in [2.45, 2.75) is 38.0 Å². The number of carbonyl (C=O) groups is 1. The van der Waals surface area contributed by atoms with Gasteiger partial charge in [-0.1, -0.05) is 6.07 Å². The third kappa shape index (κ3) is 2.24. The van der Waals surface area contributed by atoms with Crippen LogP contribution in [0.5, 0.6) is 0 Å². The van der Waals surface area contributed by atoms with E-state index < -0.39 is 0 Å². The molecule has 2 aromatic heterocycles. The fraction of sp³-hybridized carbons (Fsp3) is 0.588. The number of hydrogen-bond acceptors (Lipinski definition) is 4. The molecule has 2 aromatic rings. The van der Waals surface area contributed by atoms with Crippen molar-refractivity contribution in [2.75, 3.05) is 18.4 Å². The van der Waals surface area contributed by atoms with Crippen LogP contribution in [-0.4, -0.2) is 33.6 Å². The first kappa shape index (κ1) is 13.5. The third-order valence-corrected chi connectivity index (χ3v) is 5.69. The quantitative estimate of drug-likeness (QED) is 0.908. The lowest BCUT2D eigenvalue weighted by Gasteiger charge is -2.39. The molecule has 3 fully saturated rings. The van der Waals surface area contributed by atoms with Crippen LogP contribution in [0, 0.1) is 11.3 Å². The fourth-order valence-electron chi connectivity index (χ4n) is 4.10. The van der Waals surface area contributed by atoms with Crippen molar-refractivity contribution < 1.29 is 4.79 Å². The molecule has 2 aliphatic carbocycles. The molecule has 1 atom stereocenters. The number of pyridine rings is 1. The van der Waals surface area contributed by atoms with Crippen LogP contribution >= 0.6 is 0 Å². The van der Waals surface area contributed by atoms with Gasteiger partial charge in [-0.25, -0.2) is 4.52 Å². The second kappa shape index (κ2) is 4.77. The molecule has 120 valence electrons. The predicted octanol–water partition coefficient (Wildman–Crippen LogP) is 1.93. The largest absolute Gasteiger partial charge is 0.316 e. The van der Waals surface area contributed by atoms with Gasteiger partial charge in [0, 0.05) is 30.6 Å². The first-order valence-corrected chi connectivity index (χ1v) is 8.60. The highest BCUT2D eigenvalue weighted by molar-refractivity contribution is 5.92. The van der Waals surface area contributed by atoms with Crippen molar-refractivity contribution >= 4 is 17.5 Å². The summed E-state index contributed by atoms with van der Waals surface area (Å²) in [6.07, 6.45) is 5.71. The maximum atomic E-state index is 11.9. The van der Waals surface area contributed by atoms with Gasteiger partial charge < -0.3 is 5.32 Å². The minimum Gasteiger partial charge on any atom is -0.316 e. The van der Waals surface area contributed by atoms with Gasteiger partial charge in [-0.3, -0.25) is 10.1 Å². The van der Waals surface area contributed by atoms with Gasteiger partial charge >= 0.3 is 0 Å². The van der Waals surface area contributed by atoms with E-state index in [0.29, 0.717) is 17.3 Å². The van der Waals surface area contributed by atoms with E-state index in [0.717, 1.165) is 31.6 Å². The Labute approximate surface area is 134 Å². The third-order valence-electron chi connectivity index (χ3n) is 5.69.